The molecule has 1 aliphatic heterocycles. The summed E-state index contributed by atoms with van der Waals surface area (Å²) in [6.07, 6.45) is 2.43. The molecule has 12 nitrogen and oxygen atoms in total. The van der Waals surface area contributed by atoms with Crippen LogP contribution in [0.15, 0.2) is 85.1 Å². The summed E-state index contributed by atoms with van der Waals surface area (Å²) in [7, 11) is 0. The molecule has 3 amide bonds. The average Bonchev–Trinajstić information content (AvgIpc) is 3.79. The fraction of sp³-hybridized carbons (Fsp3) is 0.364. The monoisotopic (exact) mass is 615 g/mol. The first-order chi connectivity index (χ1) is 21.8. The molecule has 1 unspecified atom stereocenters. The van der Waals surface area contributed by atoms with Gasteiger partial charge in [-0.2, -0.15) is 0 Å². The van der Waals surface area contributed by atoms with Gasteiger partial charge in [0.25, 0.3) is 0 Å². The Morgan fingerprint density at radius 3 is 2.36 bits per heavy atom. The Balaban J connectivity index is 1.11. The summed E-state index contributed by atoms with van der Waals surface area (Å²) >= 11 is 0. The number of rotatable bonds is 14. The number of carbonyl (C=O) groups is 4. The van der Waals surface area contributed by atoms with Crippen molar-refractivity contribution in [3.05, 3.63) is 96.2 Å². The average molecular weight is 616 g/mol. The van der Waals surface area contributed by atoms with Gasteiger partial charge in [-0.3, -0.25) is 9.59 Å². The van der Waals surface area contributed by atoms with E-state index in [2.05, 4.69) is 20.9 Å². The Morgan fingerprint density at radius 1 is 0.978 bits per heavy atom. The van der Waals surface area contributed by atoms with E-state index in [0.29, 0.717) is 31.6 Å². The SMILES string of the molecule is O=C(CO[C@@H]1C[C@@H](CNc2ccccn2)N(C(=O)OCc2ccccc2)C1)NCC(NC(=O)C1(c2ccccc2)CC1)C(=O)O. The maximum absolute atomic E-state index is 13.1. The Hall–Kier alpha value is -4.97. The Bertz CT molecular complexity index is 1450. The maximum atomic E-state index is 13.1. The number of pyridine rings is 1. The van der Waals surface area contributed by atoms with Gasteiger partial charge in [-0.1, -0.05) is 66.7 Å². The van der Waals surface area contributed by atoms with Crippen LogP contribution in [0.4, 0.5) is 10.6 Å². The molecular weight excluding hydrogens is 578 g/mol. The third-order valence-electron chi connectivity index (χ3n) is 8.07. The molecule has 45 heavy (non-hydrogen) atoms. The molecule has 236 valence electrons. The first kappa shape index (κ1) is 31.5. The fourth-order valence-corrected chi connectivity index (χ4v) is 5.39. The van der Waals surface area contributed by atoms with Gasteiger partial charge in [-0.15, -0.1) is 0 Å². The minimum absolute atomic E-state index is 0.123. The van der Waals surface area contributed by atoms with Gasteiger partial charge in [0.15, 0.2) is 0 Å². The van der Waals surface area contributed by atoms with Gasteiger partial charge in [0.2, 0.25) is 11.8 Å². The van der Waals surface area contributed by atoms with Crippen molar-refractivity contribution in [3.63, 3.8) is 0 Å². The molecule has 2 aromatic carbocycles. The van der Waals surface area contributed by atoms with E-state index in [9.17, 15) is 24.3 Å². The number of hydrogen-bond acceptors (Lipinski definition) is 8. The van der Waals surface area contributed by atoms with Crippen LogP contribution in [0, 0.1) is 0 Å². The van der Waals surface area contributed by atoms with Crippen molar-refractivity contribution in [2.45, 2.75) is 49.5 Å². The summed E-state index contributed by atoms with van der Waals surface area (Å²) in [6.45, 7) is 0.0939. The number of amides is 3. The molecule has 5 rings (SSSR count). The highest BCUT2D eigenvalue weighted by molar-refractivity contribution is 5.94. The molecule has 0 bridgehead atoms. The highest BCUT2D eigenvalue weighted by atomic mass is 16.6. The van der Waals surface area contributed by atoms with Crippen LogP contribution in [0.2, 0.25) is 0 Å². The lowest BCUT2D eigenvalue weighted by atomic mass is 9.94. The number of anilines is 1. The van der Waals surface area contributed by atoms with E-state index in [1.165, 1.54) is 0 Å². The second-order valence-corrected chi connectivity index (χ2v) is 11.2. The van der Waals surface area contributed by atoms with Crippen LogP contribution in [0.1, 0.15) is 30.4 Å². The minimum Gasteiger partial charge on any atom is -0.480 e. The zero-order valence-electron chi connectivity index (χ0n) is 24.8. The minimum atomic E-state index is -1.30. The normalized spacial score (nSPS) is 18.8. The Labute approximate surface area is 261 Å². The molecule has 1 aromatic heterocycles. The summed E-state index contributed by atoms with van der Waals surface area (Å²) in [5.41, 5.74) is 0.966. The van der Waals surface area contributed by atoms with Crippen LogP contribution in [-0.4, -0.2) is 83.3 Å². The second-order valence-electron chi connectivity index (χ2n) is 11.2. The van der Waals surface area contributed by atoms with Crippen LogP contribution in [0.25, 0.3) is 0 Å². The lowest BCUT2D eigenvalue weighted by Gasteiger charge is -2.24. The second kappa shape index (κ2) is 14.7. The molecule has 0 radical (unpaired) electrons. The van der Waals surface area contributed by atoms with Gasteiger partial charge in [-0.05, 0) is 42.5 Å². The number of carboxylic acids is 1. The van der Waals surface area contributed by atoms with Crippen LogP contribution in [0.5, 0.6) is 0 Å². The number of benzene rings is 2. The number of hydrogen-bond donors (Lipinski definition) is 4. The van der Waals surface area contributed by atoms with Crippen molar-refractivity contribution in [3.8, 4) is 0 Å². The van der Waals surface area contributed by atoms with Gasteiger partial charge in [0.05, 0.1) is 24.1 Å². The molecule has 0 spiro atoms. The molecule has 1 aliphatic carbocycles. The lowest BCUT2D eigenvalue weighted by molar-refractivity contribution is -0.142. The van der Waals surface area contributed by atoms with E-state index >= 15 is 0 Å². The van der Waals surface area contributed by atoms with Crippen LogP contribution in [0.3, 0.4) is 0 Å². The lowest BCUT2D eigenvalue weighted by Crippen LogP contribution is -2.51. The van der Waals surface area contributed by atoms with Crippen molar-refractivity contribution in [2.75, 3.05) is 31.6 Å². The van der Waals surface area contributed by atoms with Crippen LogP contribution >= 0.6 is 0 Å². The topological polar surface area (TPSA) is 159 Å². The number of aromatic nitrogens is 1. The van der Waals surface area contributed by atoms with E-state index in [4.69, 9.17) is 9.47 Å². The molecule has 2 fully saturated rings. The third kappa shape index (κ3) is 8.36. The first-order valence-corrected chi connectivity index (χ1v) is 14.9. The van der Waals surface area contributed by atoms with Crippen molar-refractivity contribution in [2.24, 2.45) is 0 Å². The molecule has 1 saturated carbocycles. The number of ether oxygens (including phenoxy) is 2. The largest absolute Gasteiger partial charge is 0.480 e. The molecule has 3 aromatic rings. The number of carboxylic acid groups (broad SMARTS) is 1. The number of carbonyl (C=O) groups excluding carboxylic acids is 3. The molecule has 2 aliphatic rings. The summed E-state index contributed by atoms with van der Waals surface area (Å²) in [5, 5.41) is 18.1. The molecule has 2 heterocycles. The summed E-state index contributed by atoms with van der Waals surface area (Å²) < 4.78 is 11.4. The zero-order chi connectivity index (χ0) is 31.6. The first-order valence-electron chi connectivity index (χ1n) is 14.9. The number of aliphatic carboxylic acids is 1. The van der Waals surface area contributed by atoms with Gasteiger partial charge in [-0.25, -0.2) is 14.6 Å². The highest BCUT2D eigenvalue weighted by Crippen LogP contribution is 2.48. The van der Waals surface area contributed by atoms with E-state index in [1.807, 2.05) is 78.9 Å². The van der Waals surface area contributed by atoms with E-state index in [-0.39, 0.29) is 38.3 Å². The fourth-order valence-electron chi connectivity index (χ4n) is 5.39. The van der Waals surface area contributed by atoms with Gasteiger partial charge in [0.1, 0.15) is 25.1 Å². The Morgan fingerprint density at radius 2 is 1.69 bits per heavy atom. The predicted octanol–water partition coefficient (Wildman–Crippen LogP) is 2.71. The quantitative estimate of drug-likeness (QED) is 0.214. The molecule has 12 heteroatoms. The summed E-state index contributed by atoms with van der Waals surface area (Å²) in [6, 6.07) is 22.5. The summed E-state index contributed by atoms with van der Waals surface area (Å²) in [5.74, 6) is -1.50. The standard InChI is InChI=1S/C33H37N5O7/c39-29(36-19-27(30(40)41)37-31(42)33(14-15-33)24-11-5-2-6-12-24)22-44-26-17-25(18-35-28-13-7-8-16-34-28)38(20-26)32(43)45-21-23-9-3-1-4-10-23/h1-13,16,25-27H,14-15,17-22H2,(H,34,35)(H,36,39)(H,37,42)(H,40,41)/t25-,26+,27?/m0/s1. The zero-order valence-corrected chi connectivity index (χ0v) is 24.8. The number of nitrogens with one attached hydrogen (secondary N) is 3. The van der Waals surface area contributed by atoms with Crippen molar-refractivity contribution in [1.29, 1.82) is 0 Å². The van der Waals surface area contributed by atoms with Gasteiger partial charge in [0, 0.05) is 19.3 Å². The third-order valence-corrected chi connectivity index (χ3v) is 8.07. The van der Waals surface area contributed by atoms with Crippen molar-refractivity contribution >= 4 is 29.7 Å². The molecular formula is C33H37N5O7. The predicted molar refractivity (Wildman–Crippen MR) is 164 cm³/mol. The van der Waals surface area contributed by atoms with Crippen LogP contribution in [-0.2, 0) is 35.9 Å². The van der Waals surface area contributed by atoms with E-state index < -0.39 is 35.5 Å². The van der Waals surface area contributed by atoms with E-state index in [1.54, 1.807) is 11.1 Å². The number of nitrogens with zero attached hydrogens (tertiary/aromatic N) is 2. The number of likely N-dealkylation sites (tertiary alicyclic amines) is 1. The summed E-state index contributed by atoms with van der Waals surface area (Å²) in [4.78, 5) is 56.4. The highest BCUT2D eigenvalue weighted by Gasteiger charge is 2.51. The van der Waals surface area contributed by atoms with Crippen LogP contribution < -0.4 is 16.0 Å². The smallest absolute Gasteiger partial charge is 0.410 e. The van der Waals surface area contributed by atoms with Crippen molar-refractivity contribution < 1.29 is 33.8 Å². The molecule has 1 saturated heterocycles. The van der Waals surface area contributed by atoms with E-state index in [0.717, 1.165) is 11.1 Å². The van der Waals surface area contributed by atoms with Gasteiger partial charge < -0.3 is 35.4 Å². The maximum Gasteiger partial charge on any atom is 0.410 e. The Kier molecular flexibility index (Phi) is 10.3. The van der Waals surface area contributed by atoms with Gasteiger partial charge >= 0.3 is 12.1 Å². The molecule has 3 atom stereocenters. The van der Waals surface area contributed by atoms with Crippen molar-refractivity contribution in [1.82, 2.24) is 20.5 Å². The molecule has 4 N–H and O–H groups in total.